The van der Waals surface area contributed by atoms with Crippen molar-refractivity contribution in [1.82, 2.24) is 4.98 Å². The lowest BCUT2D eigenvalue weighted by Gasteiger charge is -1.99. The van der Waals surface area contributed by atoms with E-state index in [1.54, 1.807) is 11.3 Å². The van der Waals surface area contributed by atoms with E-state index >= 15 is 0 Å². The number of hydrogen-bond acceptors (Lipinski definition) is 3. The summed E-state index contributed by atoms with van der Waals surface area (Å²) in [5, 5.41) is 11.9. The zero-order chi connectivity index (χ0) is 11.4. The lowest BCUT2D eigenvalue weighted by Crippen LogP contribution is -1.89. The van der Waals surface area contributed by atoms with Crippen LogP contribution in [0.4, 0.5) is 0 Å². The topological polar surface area (TPSA) is 33.1 Å². The second-order valence-electron chi connectivity index (χ2n) is 3.65. The van der Waals surface area contributed by atoms with E-state index in [1.807, 2.05) is 5.38 Å². The molecule has 0 aliphatic rings. The SMILES string of the molecule is CCc1ccc(-c2csc(CCO)n2)cc1. The minimum Gasteiger partial charge on any atom is -0.396 e. The van der Waals surface area contributed by atoms with Crippen LogP contribution < -0.4 is 0 Å². The maximum absolute atomic E-state index is 8.83. The number of aliphatic hydroxyl groups excluding tert-OH is 1. The molecular weight excluding hydrogens is 218 g/mol. The lowest BCUT2D eigenvalue weighted by molar-refractivity contribution is 0.299. The van der Waals surface area contributed by atoms with Crippen LogP contribution in [-0.4, -0.2) is 16.7 Å². The number of benzene rings is 1. The van der Waals surface area contributed by atoms with Crippen molar-refractivity contribution in [2.24, 2.45) is 0 Å². The summed E-state index contributed by atoms with van der Waals surface area (Å²) >= 11 is 1.61. The van der Waals surface area contributed by atoms with E-state index in [2.05, 4.69) is 36.2 Å². The Morgan fingerprint density at radius 2 is 2.00 bits per heavy atom. The number of aliphatic hydroxyl groups is 1. The summed E-state index contributed by atoms with van der Waals surface area (Å²) in [7, 11) is 0. The van der Waals surface area contributed by atoms with Crippen LogP contribution in [0, 0.1) is 0 Å². The number of hydrogen-bond donors (Lipinski definition) is 1. The first-order valence-corrected chi connectivity index (χ1v) is 6.36. The Bertz CT molecular complexity index is 447. The molecule has 16 heavy (non-hydrogen) atoms. The minimum atomic E-state index is 0.168. The van der Waals surface area contributed by atoms with Crippen LogP contribution in [0.25, 0.3) is 11.3 Å². The van der Waals surface area contributed by atoms with Gasteiger partial charge in [-0.25, -0.2) is 4.98 Å². The summed E-state index contributed by atoms with van der Waals surface area (Å²) < 4.78 is 0. The second-order valence-corrected chi connectivity index (χ2v) is 4.59. The van der Waals surface area contributed by atoms with Crippen LogP contribution in [0.2, 0.25) is 0 Å². The zero-order valence-corrected chi connectivity index (χ0v) is 10.1. The highest BCUT2D eigenvalue weighted by Gasteiger charge is 2.03. The van der Waals surface area contributed by atoms with Gasteiger partial charge in [0.25, 0.3) is 0 Å². The smallest absolute Gasteiger partial charge is 0.0955 e. The first-order valence-electron chi connectivity index (χ1n) is 5.48. The average Bonchev–Trinajstić information content (AvgIpc) is 2.78. The van der Waals surface area contributed by atoms with Crippen LogP contribution in [0.3, 0.4) is 0 Å². The van der Waals surface area contributed by atoms with E-state index in [4.69, 9.17) is 5.11 Å². The van der Waals surface area contributed by atoms with Crippen molar-refractivity contribution in [3.05, 3.63) is 40.2 Å². The highest BCUT2D eigenvalue weighted by atomic mass is 32.1. The predicted molar refractivity (Wildman–Crippen MR) is 67.7 cm³/mol. The van der Waals surface area contributed by atoms with E-state index in [0.717, 1.165) is 22.7 Å². The third-order valence-electron chi connectivity index (χ3n) is 2.54. The van der Waals surface area contributed by atoms with E-state index in [-0.39, 0.29) is 6.61 Å². The third-order valence-corrected chi connectivity index (χ3v) is 3.44. The van der Waals surface area contributed by atoms with E-state index in [9.17, 15) is 0 Å². The molecule has 84 valence electrons. The Morgan fingerprint density at radius 3 is 2.62 bits per heavy atom. The van der Waals surface area contributed by atoms with Crippen LogP contribution in [0.15, 0.2) is 29.6 Å². The molecule has 1 N–H and O–H groups in total. The molecule has 0 radical (unpaired) electrons. The van der Waals surface area contributed by atoms with E-state index < -0.39 is 0 Å². The molecule has 1 aromatic carbocycles. The predicted octanol–water partition coefficient (Wildman–Crippen LogP) is 2.91. The van der Waals surface area contributed by atoms with Crippen molar-refractivity contribution in [1.29, 1.82) is 0 Å². The van der Waals surface area contributed by atoms with Gasteiger partial charge in [-0.05, 0) is 12.0 Å². The molecule has 3 heteroatoms. The van der Waals surface area contributed by atoms with Crippen LogP contribution in [0.1, 0.15) is 17.5 Å². The lowest BCUT2D eigenvalue weighted by atomic mass is 10.1. The normalized spacial score (nSPS) is 10.6. The summed E-state index contributed by atoms with van der Waals surface area (Å²) in [4.78, 5) is 4.48. The average molecular weight is 233 g/mol. The fraction of sp³-hybridized carbons (Fsp3) is 0.308. The molecule has 2 aromatic rings. The zero-order valence-electron chi connectivity index (χ0n) is 9.31. The molecule has 0 atom stereocenters. The van der Waals surface area contributed by atoms with Gasteiger partial charge in [0.15, 0.2) is 0 Å². The van der Waals surface area contributed by atoms with Crippen LogP contribution in [0.5, 0.6) is 0 Å². The fourth-order valence-corrected chi connectivity index (χ4v) is 2.36. The standard InChI is InChI=1S/C13H15NOS/c1-2-10-3-5-11(6-4-10)12-9-16-13(14-12)7-8-15/h3-6,9,15H,2,7-8H2,1H3. The van der Waals surface area contributed by atoms with Gasteiger partial charge in [0.05, 0.1) is 10.7 Å². The molecule has 0 bridgehead atoms. The molecule has 2 nitrogen and oxygen atoms in total. The van der Waals surface area contributed by atoms with Gasteiger partial charge in [-0.2, -0.15) is 0 Å². The van der Waals surface area contributed by atoms with Crippen LogP contribution in [-0.2, 0) is 12.8 Å². The fourth-order valence-electron chi connectivity index (χ4n) is 1.57. The van der Waals surface area contributed by atoms with Crippen molar-refractivity contribution in [2.45, 2.75) is 19.8 Å². The van der Waals surface area contributed by atoms with Gasteiger partial charge in [-0.1, -0.05) is 31.2 Å². The Balaban J connectivity index is 2.21. The molecule has 0 saturated heterocycles. The van der Waals surface area contributed by atoms with E-state index in [0.29, 0.717) is 6.42 Å². The monoisotopic (exact) mass is 233 g/mol. The highest BCUT2D eigenvalue weighted by molar-refractivity contribution is 7.09. The first-order chi connectivity index (χ1) is 7.83. The summed E-state index contributed by atoms with van der Waals surface area (Å²) in [5.74, 6) is 0. The number of thiazole rings is 1. The summed E-state index contributed by atoms with van der Waals surface area (Å²) in [6.07, 6.45) is 1.71. The molecular formula is C13H15NOS. The van der Waals surface area contributed by atoms with Gasteiger partial charge in [0.1, 0.15) is 0 Å². The van der Waals surface area contributed by atoms with E-state index in [1.165, 1.54) is 5.56 Å². The summed E-state index contributed by atoms with van der Waals surface area (Å²) in [6, 6.07) is 8.49. The molecule has 0 aliphatic heterocycles. The van der Waals surface area contributed by atoms with Gasteiger partial charge in [-0.15, -0.1) is 11.3 Å². The van der Waals surface area contributed by atoms with Crippen LogP contribution >= 0.6 is 11.3 Å². The third kappa shape index (κ3) is 2.49. The number of aromatic nitrogens is 1. The number of nitrogens with zero attached hydrogens (tertiary/aromatic N) is 1. The maximum atomic E-state index is 8.83. The molecule has 0 saturated carbocycles. The Labute approximate surface area is 99.6 Å². The van der Waals surface area contributed by atoms with Gasteiger partial charge < -0.3 is 5.11 Å². The molecule has 0 aliphatic carbocycles. The molecule has 0 fully saturated rings. The Hall–Kier alpha value is -1.19. The molecule has 1 heterocycles. The van der Waals surface area contributed by atoms with Gasteiger partial charge in [0, 0.05) is 24.0 Å². The Kier molecular flexibility index (Phi) is 3.70. The van der Waals surface area contributed by atoms with Gasteiger partial charge >= 0.3 is 0 Å². The molecule has 0 spiro atoms. The summed E-state index contributed by atoms with van der Waals surface area (Å²) in [6.45, 7) is 2.32. The van der Waals surface area contributed by atoms with Crippen molar-refractivity contribution in [2.75, 3.05) is 6.61 Å². The number of aryl methyl sites for hydroxylation is 1. The van der Waals surface area contributed by atoms with Gasteiger partial charge in [0.2, 0.25) is 0 Å². The van der Waals surface area contributed by atoms with Crippen molar-refractivity contribution < 1.29 is 5.11 Å². The largest absolute Gasteiger partial charge is 0.396 e. The maximum Gasteiger partial charge on any atom is 0.0955 e. The molecule has 1 aromatic heterocycles. The van der Waals surface area contributed by atoms with Gasteiger partial charge in [-0.3, -0.25) is 0 Å². The van der Waals surface area contributed by atoms with Crippen molar-refractivity contribution >= 4 is 11.3 Å². The molecule has 0 amide bonds. The quantitative estimate of drug-likeness (QED) is 0.880. The highest BCUT2D eigenvalue weighted by Crippen LogP contribution is 2.22. The van der Waals surface area contributed by atoms with Crippen molar-refractivity contribution in [3.63, 3.8) is 0 Å². The van der Waals surface area contributed by atoms with Crippen molar-refractivity contribution in [3.8, 4) is 11.3 Å². The Morgan fingerprint density at radius 1 is 1.25 bits per heavy atom. The second kappa shape index (κ2) is 5.23. The first kappa shape index (κ1) is 11.3. The molecule has 0 unspecified atom stereocenters. The summed E-state index contributed by atoms with van der Waals surface area (Å²) in [5.41, 5.74) is 3.50. The number of rotatable bonds is 4. The molecule has 2 rings (SSSR count). The minimum absolute atomic E-state index is 0.168.